The second kappa shape index (κ2) is 3.73. The maximum absolute atomic E-state index is 12.7. The van der Waals surface area contributed by atoms with E-state index in [0.29, 0.717) is 0 Å². The first-order chi connectivity index (χ1) is 7.78. The predicted octanol–water partition coefficient (Wildman–Crippen LogP) is 1.81. The second-order valence-corrected chi connectivity index (χ2v) is 4.73. The Morgan fingerprint density at radius 1 is 1.47 bits per heavy atom. The highest BCUT2D eigenvalue weighted by Gasteiger charge is 2.67. The molecule has 4 atom stereocenters. The van der Waals surface area contributed by atoms with E-state index in [1.165, 1.54) is 0 Å². The van der Waals surface area contributed by atoms with Crippen molar-refractivity contribution in [2.45, 2.75) is 37.1 Å². The van der Waals surface area contributed by atoms with Gasteiger partial charge in [-0.05, 0) is 25.2 Å². The van der Waals surface area contributed by atoms with Gasteiger partial charge in [-0.25, -0.2) is 4.79 Å². The molecule has 2 fully saturated rings. The summed E-state index contributed by atoms with van der Waals surface area (Å²) in [5, 5.41) is 9.64. The minimum atomic E-state index is -4.61. The van der Waals surface area contributed by atoms with Crippen molar-refractivity contribution in [1.29, 1.82) is 0 Å². The van der Waals surface area contributed by atoms with Crippen LogP contribution in [0.3, 0.4) is 0 Å². The Labute approximate surface area is 96.3 Å². The summed E-state index contributed by atoms with van der Waals surface area (Å²) in [6.45, 7) is 3.23. The van der Waals surface area contributed by atoms with Crippen molar-refractivity contribution in [3.8, 4) is 0 Å². The van der Waals surface area contributed by atoms with Crippen molar-refractivity contribution in [2.24, 2.45) is 11.8 Å². The number of esters is 1. The van der Waals surface area contributed by atoms with Gasteiger partial charge < -0.3 is 9.84 Å². The summed E-state index contributed by atoms with van der Waals surface area (Å²) in [6, 6.07) is 0. The summed E-state index contributed by atoms with van der Waals surface area (Å²) in [6.07, 6.45) is -4.20. The third kappa shape index (κ3) is 1.84. The average Bonchev–Trinajstić information content (AvgIpc) is 2.73. The normalized spacial score (nSPS) is 40.4. The number of carbonyl (C=O) groups excluding carboxylic acids is 1. The molecule has 2 aliphatic carbocycles. The molecule has 0 aromatic rings. The lowest BCUT2D eigenvalue weighted by atomic mass is 9.82. The minimum Gasteiger partial charge on any atom is -0.459 e. The molecule has 6 heteroatoms. The zero-order valence-corrected chi connectivity index (χ0v) is 9.04. The first-order valence-corrected chi connectivity index (χ1v) is 5.40. The van der Waals surface area contributed by atoms with E-state index in [-0.39, 0.29) is 19.3 Å². The molecule has 2 rings (SSSR count). The fourth-order valence-corrected chi connectivity index (χ4v) is 2.95. The van der Waals surface area contributed by atoms with Crippen LogP contribution >= 0.6 is 0 Å². The molecule has 0 aromatic heterocycles. The lowest BCUT2D eigenvalue weighted by molar-refractivity contribution is -0.280. The number of aliphatic hydroxyl groups is 1. The molecule has 0 aliphatic heterocycles. The number of carbonyl (C=O) groups is 1. The Hall–Kier alpha value is -1.04. The van der Waals surface area contributed by atoms with Gasteiger partial charge in [0.2, 0.25) is 0 Å². The molecule has 2 aliphatic rings. The zero-order chi connectivity index (χ0) is 12.8. The number of hydrogen-bond donors (Lipinski definition) is 1. The summed E-state index contributed by atoms with van der Waals surface area (Å²) < 4.78 is 43.0. The van der Waals surface area contributed by atoms with Crippen LogP contribution in [0.1, 0.15) is 19.3 Å². The smallest absolute Gasteiger partial charge is 0.417 e. The fourth-order valence-electron chi connectivity index (χ4n) is 2.95. The molecule has 17 heavy (non-hydrogen) atoms. The lowest BCUT2D eigenvalue weighted by Crippen LogP contribution is -2.51. The fraction of sp³-hybridized carbons (Fsp3) is 0.727. The SMILES string of the molecule is C=CC(=O)OC1CC2CC1CC2(O)C(F)(F)F. The highest BCUT2D eigenvalue weighted by Crippen LogP contribution is 2.57. The first kappa shape index (κ1) is 12.4. The topological polar surface area (TPSA) is 46.5 Å². The Morgan fingerprint density at radius 3 is 2.53 bits per heavy atom. The molecule has 2 bridgehead atoms. The molecular formula is C11H13F3O3. The van der Waals surface area contributed by atoms with Gasteiger partial charge in [-0.15, -0.1) is 0 Å². The van der Waals surface area contributed by atoms with E-state index in [1.54, 1.807) is 0 Å². The van der Waals surface area contributed by atoms with Gasteiger partial charge in [-0.3, -0.25) is 0 Å². The van der Waals surface area contributed by atoms with Crippen molar-refractivity contribution < 1.29 is 27.8 Å². The standard InChI is InChI=1S/C11H13F3O3/c1-2-9(15)17-8-4-7-3-6(8)5-10(7,16)11(12,13)14/h2,6-8,16H,1,3-5H2. The molecule has 0 spiro atoms. The van der Waals surface area contributed by atoms with Crippen LogP contribution in [0, 0.1) is 11.8 Å². The Kier molecular flexibility index (Phi) is 2.72. The van der Waals surface area contributed by atoms with Crippen molar-refractivity contribution >= 4 is 5.97 Å². The summed E-state index contributed by atoms with van der Waals surface area (Å²) in [5.74, 6) is -1.90. The number of ether oxygens (including phenoxy) is 1. The van der Waals surface area contributed by atoms with E-state index in [0.717, 1.165) is 6.08 Å². The van der Waals surface area contributed by atoms with Crippen molar-refractivity contribution in [1.82, 2.24) is 0 Å². The minimum absolute atomic E-state index is 0.0697. The van der Waals surface area contributed by atoms with Crippen molar-refractivity contribution in [3.05, 3.63) is 12.7 Å². The Morgan fingerprint density at radius 2 is 2.12 bits per heavy atom. The summed E-state index contributed by atoms with van der Waals surface area (Å²) in [4.78, 5) is 11.0. The highest BCUT2D eigenvalue weighted by molar-refractivity contribution is 5.81. The predicted molar refractivity (Wildman–Crippen MR) is 51.9 cm³/mol. The van der Waals surface area contributed by atoms with E-state index < -0.39 is 35.7 Å². The Bertz CT molecular complexity index is 352. The van der Waals surface area contributed by atoms with Gasteiger partial charge in [0.25, 0.3) is 0 Å². The van der Waals surface area contributed by atoms with Gasteiger partial charge >= 0.3 is 12.1 Å². The van der Waals surface area contributed by atoms with Crippen molar-refractivity contribution in [3.63, 3.8) is 0 Å². The van der Waals surface area contributed by atoms with E-state index in [4.69, 9.17) is 4.74 Å². The van der Waals surface area contributed by atoms with E-state index in [9.17, 15) is 23.1 Å². The molecule has 0 heterocycles. The molecule has 0 radical (unpaired) electrons. The molecule has 0 aromatic carbocycles. The number of rotatable bonds is 2. The molecule has 0 amide bonds. The van der Waals surface area contributed by atoms with Gasteiger partial charge in [0.05, 0.1) is 0 Å². The van der Waals surface area contributed by atoms with Crippen LogP contribution in [0.2, 0.25) is 0 Å². The number of fused-ring (bicyclic) bond motifs is 2. The number of hydrogen-bond acceptors (Lipinski definition) is 3. The van der Waals surface area contributed by atoms with Gasteiger partial charge in [0.15, 0.2) is 5.60 Å². The number of halogens is 3. The van der Waals surface area contributed by atoms with E-state index >= 15 is 0 Å². The van der Waals surface area contributed by atoms with Crippen LogP contribution in [0.15, 0.2) is 12.7 Å². The molecular weight excluding hydrogens is 237 g/mol. The molecule has 4 unspecified atom stereocenters. The monoisotopic (exact) mass is 250 g/mol. The van der Waals surface area contributed by atoms with E-state index in [2.05, 4.69) is 6.58 Å². The largest absolute Gasteiger partial charge is 0.459 e. The van der Waals surface area contributed by atoms with Crippen LogP contribution < -0.4 is 0 Å². The first-order valence-electron chi connectivity index (χ1n) is 5.40. The average molecular weight is 250 g/mol. The van der Waals surface area contributed by atoms with Crippen LogP contribution in [0.5, 0.6) is 0 Å². The Balaban J connectivity index is 2.05. The van der Waals surface area contributed by atoms with Gasteiger partial charge in [-0.2, -0.15) is 13.2 Å². The summed E-state index contributed by atoms with van der Waals surface area (Å²) in [7, 11) is 0. The third-order valence-electron chi connectivity index (χ3n) is 3.80. The third-order valence-corrected chi connectivity index (χ3v) is 3.80. The maximum atomic E-state index is 12.7. The van der Waals surface area contributed by atoms with Crippen LogP contribution in [-0.2, 0) is 9.53 Å². The summed E-state index contributed by atoms with van der Waals surface area (Å²) in [5.41, 5.74) is -2.60. The zero-order valence-electron chi connectivity index (χ0n) is 9.04. The van der Waals surface area contributed by atoms with E-state index in [1.807, 2.05) is 0 Å². The molecule has 3 nitrogen and oxygen atoms in total. The molecule has 0 saturated heterocycles. The highest BCUT2D eigenvalue weighted by atomic mass is 19.4. The molecule has 2 saturated carbocycles. The molecule has 1 N–H and O–H groups in total. The molecule has 96 valence electrons. The quantitative estimate of drug-likeness (QED) is 0.600. The number of alkyl halides is 3. The lowest BCUT2D eigenvalue weighted by Gasteiger charge is -2.36. The second-order valence-electron chi connectivity index (χ2n) is 4.73. The van der Waals surface area contributed by atoms with Gasteiger partial charge in [0, 0.05) is 12.0 Å². The maximum Gasteiger partial charge on any atom is 0.417 e. The van der Waals surface area contributed by atoms with Crippen molar-refractivity contribution in [2.75, 3.05) is 0 Å². The van der Waals surface area contributed by atoms with Crippen LogP contribution in [-0.4, -0.2) is 29.0 Å². The van der Waals surface area contributed by atoms with Gasteiger partial charge in [0.1, 0.15) is 6.10 Å². The van der Waals surface area contributed by atoms with Crippen LogP contribution in [0.4, 0.5) is 13.2 Å². The van der Waals surface area contributed by atoms with Gasteiger partial charge in [-0.1, -0.05) is 6.58 Å². The van der Waals surface area contributed by atoms with Crippen LogP contribution in [0.25, 0.3) is 0 Å². The summed E-state index contributed by atoms with van der Waals surface area (Å²) >= 11 is 0.